The van der Waals surface area contributed by atoms with E-state index >= 15 is 0 Å². The predicted molar refractivity (Wildman–Crippen MR) is 93.7 cm³/mol. The van der Waals surface area contributed by atoms with Crippen molar-refractivity contribution in [1.82, 2.24) is 10.2 Å². The van der Waals surface area contributed by atoms with Crippen LogP contribution in [0.2, 0.25) is 0 Å². The fraction of sp³-hybridized carbons (Fsp3) is 0.650. The molecule has 1 aliphatic heterocycles. The summed E-state index contributed by atoms with van der Waals surface area (Å²) >= 11 is 0. The summed E-state index contributed by atoms with van der Waals surface area (Å²) in [5.41, 5.74) is 0.355. The molecule has 2 unspecified atom stereocenters. The van der Waals surface area contributed by atoms with Crippen molar-refractivity contribution in [2.75, 3.05) is 13.1 Å². The number of urea groups is 1. The third-order valence-corrected chi connectivity index (χ3v) is 6.40. The average molecular weight is 346 g/mol. The van der Waals surface area contributed by atoms with Crippen molar-refractivity contribution in [2.45, 2.75) is 63.0 Å². The summed E-state index contributed by atoms with van der Waals surface area (Å²) < 4.78 is 13.0. The van der Waals surface area contributed by atoms with Crippen LogP contribution in [0.3, 0.4) is 0 Å². The Morgan fingerprint density at radius 1 is 1.20 bits per heavy atom. The molecule has 1 heterocycles. The van der Waals surface area contributed by atoms with Crippen LogP contribution < -0.4 is 5.32 Å². The average Bonchev–Trinajstić information content (AvgIpc) is 3.07. The quantitative estimate of drug-likeness (QED) is 0.883. The highest BCUT2D eigenvalue weighted by Gasteiger charge is 2.55. The molecule has 3 aliphatic rings. The van der Waals surface area contributed by atoms with Crippen molar-refractivity contribution in [3.63, 3.8) is 0 Å². The molecule has 0 aromatic heterocycles. The summed E-state index contributed by atoms with van der Waals surface area (Å²) in [4.78, 5) is 14.3. The lowest BCUT2D eigenvalue weighted by atomic mass is 9.86. The number of nitrogens with one attached hydrogen (secondary N) is 1. The van der Waals surface area contributed by atoms with Crippen LogP contribution in [-0.2, 0) is 6.42 Å². The fourth-order valence-corrected chi connectivity index (χ4v) is 4.76. The van der Waals surface area contributed by atoms with Gasteiger partial charge in [0.1, 0.15) is 5.82 Å². The molecule has 2 aliphatic carbocycles. The number of rotatable bonds is 3. The van der Waals surface area contributed by atoms with Crippen molar-refractivity contribution in [3.8, 4) is 0 Å². The van der Waals surface area contributed by atoms with Gasteiger partial charge >= 0.3 is 6.03 Å². The van der Waals surface area contributed by atoms with Gasteiger partial charge in [0.05, 0.1) is 12.1 Å². The lowest BCUT2D eigenvalue weighted by Crippen LogP contribution is -2.44. The molecule has 4 nitrogen and oxygen atoms in total. The smallest absolute Gasteiger partial charge is 0.317 e. The molecule has 25 heavy (non-hydrogen) atoms. The van der Waals surface area contributed by atoms with Crippen LogP contribution in [0.4, 0.5) is 9.18 Å². The van der Waals surface area contributed by atoms with Gasteiger partial charge in [0.25, 0.3) is 0 Å². The van der Waals surface area contributed by atoms with Gasteiger partial charge in [-0.2, -0.15) is 0 Å². The van der Waals surface area contributed by atoms with E-state index in [0.29, 0.717) is 37.4 Å². The Bertz CT molecular complexity index is 642. The van der Waals surface area contributed by atoms with E-state index in [1.807, 2.05) is 0 Å². The molecule has 1 aromatic carbocycles. The van der Waals surface area contributed by atoms with E-state index in [0.717, 1.165) is 12.0 Å². The van der Waals surface area contributed by atoms with E-state index in [9.17, 15) is 14.3 Å². The molecule has 2 atom stereocenters. The zero-order chi connectivity index (χ0) is 17.5. The highest BCUT2D eigenvalue weighted by molar-refractivity contribution is 5.75. The number of benzene rings is 1. The van der Waals surface area contributed by atoms with Crippen molar-refractivity contribution >= 4 is 6.03 Å². The van der Waals surface area contributed by atoms with Crippen LogP contribution in [0, 0.1) is 11.2 Å². The third kappa shape index (κ3) is 3.52. The van der Waals surface area contributed by atoms with E-state index < -0.39 is 5.60 Å². The minimum atomic E-state index is -0.915. The van der Waals surface area contributed by atoms with Crippen LogP contribution in [0.15, 0.2) is 24.3 Å². The van der Waals surface area contributed by atoms with Crippen molar-refractivity contribution in [1.29, 1.82) is 0 Å². The molecule has 1 saturated heterocycles. The van der Waals surface area contributed by atoms with E-state index in [1.165, 1.54) is 44.2 Å². The lowest BCUT2D eigenvalue weighted by Gasteiger charge is -2.25. The first-order valence-electron chi connectivity index (χ1n) is 9.50. The molecular weight excluding hydrogens is 319 g/mol. The molecule has 2 amide bonds. The Kier molecular flexibility index (Phi) is 4.22. The first kappa shape index (κ1) is 16.8. The van der Waals surface area contributed by atoms with E-state index in [-0.39, 0.29) is 11.8 Å². The van der Waals surface area contributed by atoms with Crippen molar-refractivity contribution in [3.05, 3.63) is 35.6 Å². The number of amides is 2. The molecule has 3 fully saturated rings. The topological polar surface area (TPSA) is 52.6 Å². The zero-order valence-corrected chi connectivity index (χ0v) is 14.6. The molecule has 1 spiro atoms. The number of β-amino-alcohol motifs (C(OH)–C–C–N with tert-alkyl or cyclic N) is 1. The SMILES string of the molecule is O=C(NC1CC12CCCCC2)N1CCC(O)(Cc2ccc(F)cc2)C1. The normalized spacial score (nSPS) is 30.5. The molecule has 5 heteroatoms. The number of carbonyl (C=O) groups excluding carboxylic acids is 1. The first-order chi connectivity index (χ1) is 12.0. The zero-order valence-electron chi connectivity index (χ0n) is 14.6. The van der Waals surface area contributed by atoms with Gasteiger partial charge in [-0.3, -0.25) is 0 Å². The van der Waals surface area contributed by atoms with Gasteiger partial charge < -0.3 is 15.3 Å². The number of carbonyl (C=O) groups is 1. The van der Waals surface area contributed by atoms with Crippen LogP contribution in [-0.4, -0.2) is 40.8 Å². The monoisotopic (exact) mass is 346 g/mol. The minimum absolute atomic E-state index is 0.0394. The van der Waals surface area contributed by atoms with Crippen LogP contribution in [0.5, 0.6) is 0 Å². The number of halogens is 1. The van der Waals surface area contributed by atoms with Crippen LogP contribution in [0.1, 0.15) is 50.5 Å². The summed E-state index contributed by atoms with van der Waals surface area (Å²) in [6, 6.07) is 6.51. The molecule has 136 valence electrons. The Labute approximate surface area is 148 Å². The predicted octanol–water partition coefficient (Wildman–Crippen LogP) is 3.24. The van der Waals surface area contributed by atoms with Gasteiger partial charge in [-0.1, -0.05) is 31.4 Å². The van der Waals surface area contributed by atoms with E-state index in [2.05, 4.69) is 5.32 Å². The Morgan fingerprint density at radius 3 is 2.64 bits per heavy atom. The van der Waals surface area contributed by atoms with E-state index in [1.54, 1.807) is 17.0 Å². The Balaban J connectivity index is 1.31. The number of hydrogen-bond acceptors (Lipinski definition) is 2. The summed E-state index contributed by atoms with van der Waals surface area (Å²) in [6.45, 7) is 0.916. The van der Waals surface area contributed by atoms with Gasteiger partial charge in [-0.25, -0.2) is 9.18 Å². The first-order valence-corrected chi connectivity index (χ1v) is 9.50. The van der Waals surface area contributed by atoms with E-state index in [4.69, 9.17) is 0 Å². The van der Waals surface area contributed by atoms with Crippen LogP contribution >= 0.6 is 0 Å². The summed E-state index contributed by atoms with van der Waals surface area (Å²) in [6.07, 6.45) is 8.51. The molecule has 0 radical (unpaired) electrons. The maximum atomic E-state index is 13.0. The van der Waals surface area contributed by atoms with Crippen LogP contribution in [0.25, 0.3) is 0 Å². The number of hydrogen-bond donors (Lipinski definition) is 2. The number of likely N-dealkylation sites (tertiary alicyclic amines) is 1. The standard InChI is InChI=1S/C20H27FN2O2/c21-16-6-4-15(5-7-16)12-20(25)10-11-23(14-20)18(24)22-17-13-19(17)8-2-1-3-9-19/h4-7,17,25H,1-3,8-14H2,(H,22,24). The summed E-state index contributed by atoms with van der Waals surface area (Å²) in [7, 11) is 0. The van der Waals surface area contributed by atoms with Crippen molar-refractivity contribution in [2.24, 2.45) is 5.41 Å². The Hall–Kier alpha value is -1.62. The maximum Gasteiger partial charge on any atom is 0.317 e. The minimum Gasteiger partial charge on any atom is -0.388 e. The largest absolute Gasteiger partial charge is 0.388 e. The third-order valence-electron chi connectivity index (χ3n) is 6.40. The summed E-state index contributed by atoms with van der Waals surface area (Å²) in [5.74, 6) is -0.274. The molecule has 0 bridgehead atoms. The fourth-order valence-electron chi connectivity index (χ4n) is 4.76. The number of nitrogens with zero attached hydrogens (tertiary/aromatic N) is 1. The second-order valence-corrected chi connectivity index (χ2v) is 8.33. The molecule has 2 N–H and O–H groups in total. The highest BCUT2D eigenvalue weighted by atomic mass is 19.1. The maximum absolute atomic E-state index is 13.0. The van der Waals surface area contributed by atoms with Gasteiger partial charge in [0, 0.05) is 19.0 Å². The molecule has 2 saturated carbocycles. The second kappa shape index (κ2) is 6.27. The number of aliphatic hydroxyl groups is 1. The van der Waals surface area contributed by atoms with Gasteiger partial charge in [-0.05, 0) is 48.8 Å². The molecule has 1 aromatic rings. The van der Waals surface area contributed by atoms with Gasteiger partial charge in [0.2, 0.25) is 0 Å². The lowest BCUT2D eigenvalue weighted by molar-refractivity contribution is 0.0526. The summed E-state index contributed by atoms with van der Waals surface area (Å²) in [5, 5.41) is 14.0. The highest BCUT2D eigenvalue weighted by Crippen LogP contribution is 2.56. The molecule has 4 rings (SSSR count). The second-order valence-electron chi connectivity index (χ2n) is 8.33. The van der Waals surface area contributed by atoms with Gasteiger partial charge in [-0.15, -0.1) is 0 Å². The van der Waals surface area contributed by atoms with Crippen molar-refractivity contribution < 1.29 is 14.3 Å². The van der Waals surface area contributed by atoms with Gasteiger partial charge in [0.15, 0.2) is 0 Å². The Morgan fingerprint density at radius 2 is 1.92 bits per heavy atom. The molecular formula is C20H27FN2O2.